The zero-order chi connectivity index (χ0) is 9.84. The van der Waals surface area contributed by atoms with E-state index in [1.165, 1.54) is 0 Å². The van der Waals surface area contributed by atoms with Crippen LogP contribution in [0.15, 0.2) is 18.2 Å². The first-order valence-electron chi connectivity index (χ1n) is 3.96. The summed E-state index contributed by atoms with van der Waals surface area (Å²) in [6.07, 6.45) is -0.367. The van der Waals surface area contributed by atoms with Gasteiger partial charge < -0.3 is 10.4 Å². The van der Waals surface area contributed by atoms with Crippen LogP contribution in [0.3, 0.4) is 0 Å². The Morgan fingerprint density at radius 3 is 2.92 bits per heavy atom. The van der Waals surface area contributed by atoms with Gasteiger partial charge in [-0.15, -0.1) is 0 Å². The fourth-order valence-corrected chi connectivity index (χ4v) is 1.57. The highest BCUT2D eigenvalue weighted by Gasteiger charge is 2.01. The maximum Gasteiger partial charge on any atom is 0.0684 e. The summed E-state index contributed by atoms with van der Waals surface area (Å²) in [6.45, 7) is 2.24. The van der Waals surface area contributed by atoms with Crippen LogP contribution in [-0.4, -0.2) is 17.8 Å². The molecule has 0 unspecified atom stereocenters. The van der Waals surface area contributed by atoms with E-state index in [4.69, 9.17) is 16.7 Å². The maximum atomic E-state index is 9.07. The molecule has 13 heavy (non-hydrogen) atoms. The van der Waals surface area contributed by atoms with E-state index in [2.05, 4.69) is 27.9 Å². The van der Waals surface area contributed by atoms with Crippen molar-refractivity contribution in [2.75, 3.05) is 11.9 Å². The number of aliphatic hydroxyl groups is 1. The second-order valence-corrected chi connectivity index (χ2v) is 4.51. The zero-order valence-corrected chi connectivity index (χ0v) is 10.1. The molecule has 0 aliphatic carbocycles. The van der Waals surface area contributed by atoms with Crippen molar-refractivity contribution in [3.05, 3.63) is 26.8 Å². The normalized spacial score (nSPS) is 12.6. The Kier molecular flexibility index (Phi) is 4.28. The summed E-state index contributed by atoms with van der Waals surface area (Å²) in [5, 5.41) is 12.8. The van der Waals surface area contributed by atoms with Crippen molar-refractivity contribution < 1.29 is 5.11 Å². The minimum atomic E-state index is -0.367. The summed E-state index contributed by atoms with van der Waals surface area (Å²) in [4.78, 5) is 0. The maximum absolute atomic E-state index is 9.07. The van der Waals surface area contributed by atoms with Gasteiger partial charge >= 0.3 is 0 Å². The molecule has 0 heterocycles. The second kappa shape index (κ2) is 5.02. The molecule has 0 aliphatic rings. The highest BCUT2D eigenvalue weighted by atomic mass is 127. The lowest BCUT2D eigenvalue weighted by atomic mass is 10.3. The smallest absolute Gasteiger partial charge is 0.0684 e. The Labute approximate surface area is 96.4 Å². The van der Waals surface area contributed by atoms with Gasteiger partial charge in [-0.3, -0.25) is 0 Å². The largest absolute Gasteiger partial charge is 0.392 e. The quantitative estimate of drug-likeness (QED) is 0.841. The van der Waals surface area contributed by atoms with Crippen LogP contribution in [0.1, 0.15) is 6.92 Å². The number of rotatable bonds is 3. The van der Waals surface area contributed by atoms with Gasteiger partial charge in [0.05, 0.1) is 16.8 Å². The van der Waals surface area contributed by atoms with Gasteiger partial charge in [-0.1, -0.05) is 11.6 Å². The van der Waals surface area contributed by atoms with Crippen LogP contribution in [0, 0.1) is 3.57 Å². The Hall–Kier alpha value is -0.0000000000000000555. The standard InChI is InChI=1S/C9H11ClINO/c1-6(13)5-12-9-4-7(11)2-3-8(9)10/h2-4,6,12-13H,5H2,1H3/t6-/m1/s1. The van der Waals surface area contributed by atoms with Crippen molar-refractivity contribution in [3.63, 3.8) is 0 Å². The van der Waals surface area contributed by atoms with Crippen molar-refractivity contribution in [1.82, 2.24) is 0 Å². The van der Waals surface area contributed by atoms with Gasteiger partial charge in [-0.25, -0.2) is 0 Å². The molecule has 0 saturated heterocycles. The van der Waals surface area contributed by atoms with Crippen LogP contribution in [-0.2, 0) is 0 Å². The number of halogens is 2. The molecule has 4 heteroatoms. The summed E-state index contributed by atoms with van der Waals surface area (Å²) in [7, 11) is 0. The van der Waals surface area contributed by atoms with Crippen molar-refractivity contribution in [2.24, 2.45) is 0 Å². The molecule has 0 radical (unpaired) electrons. The van der Waals surface area contributed by atoms with E-state index in [-0.39, 0.29) is 6.10 Å². The third kappa shape index (κ3) is 3.70. The van der Waals surface area contributed by atoms with Crippen LogP contribution in [0.5, 0.6) is 0 Å². The van der Waals surface area contributed by atoms with Gasteiger partial charge in [0.15, 0.2) is 0 Å². The molecular formula is C9H11ClINO. The Morgan fingerprint density at radius 1 is 1.62 bits per heavy atom. The van der Waals surface area contributed by atoms with Gasteiger partial charge in [0.2, 0.25) is 0 Å². The van der Waals surface area contributed by atoms with E-state index in [1.54, 1.807) is 6.92 Å². The molecule has 1 aromatic carbocycles. The first kappa shape index (κ1) is 11.1. The molecule has 0 aromatic heterocycles. The van der Waals surface area contributed by atoms with Crippen LogP contribution >= 0.6 is 34.2 Å². The monoisotopic (exact) mass is 311 g/mol. The van der Waals surface area contributed by atoms with E-state index < -0.39 is 0 Å². The molecule has 1 aromatic rings. The van der Waals surface area contributed by atoms with E-state index in [1.807, 2.05) is 18.2 Å². The fourth-order valence-electron chi connectivity index (χ4n) is 0.891. The molecule has 0 amide bonds. The molecule has 0 saturated carbocycles. The Morgan fingerprint density at radius 2 is 2.31 bits per heavy atom. The van der Waals surface area contributed by atoms with Gasteiger partial charge in [0.1, 0.15) is 0 Å². The molecule has 0 spiro atoms. The Bertz CT molecular complexity index is 291. The van der Waals surface area contributed by atoms with Gasteiger partial charge in [-0.05, 0) is 47.7 Å². The average molecular weight is 312 g/mol. The fraction of sp³-hybridized carbons (Fsp3) is 0.333. The lowest BCUT2D eigenvalue weighted by molar-refractivity contribution is 0.208. The minimum Gasteiger partial charge on any atom is -0.392 e. The van der Waals surface area contributed by atoms with Crippen LogP contribution < -0.4 is 5.32 Å². The van der Waals surface area contributed by atoms with Gasteiger partial charge in [0.25, 0.3) is 0 Å². The molecular weight excluding hydrogens is 300 g/mol. The third-order valence-electron chi connectivity index (χ3n) is 1.52. The molecule has 1 atom stereocenters. The number of hydrogen-bond acceptors (Lipinski definition) is 2. The summed E-state index contributed by atoms with van der Waals surface area (Å²) >= 11 is 8.15. The first-order valence-corrected chi connectivity index (χ1v) is 5.42. The van der Waals surface area contributed by atoms with Crippen molar-refractivity contribution in [2.45, 2.75) is 13.0 Å². The summed E-state index contributed by atoms with van der Waals surface area (Å²) < 4.78 is 1.12. The third-order valence-corrected chi connectivity index (χ3v) is 2.52. The molecule has 2 nitrogen and oxygen atoms in total. The number of benzene rings is 1. The number of aliphatic hydroxyl groups excluding tert-OH is 1. The first-order chi connectivity index (χ1) is 6.09. The lowest BCUT2D eigenvalue weighted by Gasteiger charge is -2.10. The molecule has 0 bridgehead atoms. The van der Waals surface area contributed by atoms with Crippen LogP contribution in [0.4, 0.5) is 5.69 Å². The van der Waals surface area contributed by atoms with Crippen LogP contribution in [0.2, 0.25) is 5.02 Å². The second-order valence-electron chi connectivity index (χ2n) is 2.85. The van der Waals surface area contributed by atoms with Crippen molar-refractivity contribution >= 4 is 39.9 Å². The predicted molar refractivity (Wildman–Crippen MR) is 64.3 cm³/mol. The summed E-state index contributed by atoms with van der Waals surface area (Å²) in [5.74, 6) is 0. The minimum absolute atomic E-state index is 0.367. The van der Waals surface area contributed by atoms with E-state index >= 15 is 0 Å². The van der Waals surface area contributed by atoms with Crippen molar-refractivity contribution in [1.29, 1.82) is 0 Å². The number of nitrogens with one attached hydrogen (secondary N) is 1. The van der Waals surface area contributed by atoms with E-state index in [9.17, 15) is 0 Å². The van der Waals surface area contributed by atoms with Crippen molar-refractivity contribution in [3.8, 4) is 0 Å². The Balaban J connectivity index is 2.70. The average Bonchev–Trinajstić information content (AvgIpc) is 2.06. The molecule has 0 fully saturated rings. The summed E-state index contributed by atoms with van der Waals surface area (Å²) in [6, 6.07) is 5.73. The molecule has 72 valence electrons. The SMILES string of the molecule is C[C@@H](O)CNc1cc(I)ccc1Cl. The molecule has 1 rings (SSSR count). The van der Waals surface area contributed by atoms with Crippen LogP contribution in [0.25, 0.3) is 0 Å². The van der Waals surface area contributed by atoms with E-state index in [0.717, 1.165) is 9.26 Å². The van der Waals surface area contributed by atoms with Gasteiger partial charge in [-0.2, -0.15) is 0 Å². The highest BCUT2D eigenvalue weighted by molar-refractivity contribution is 14.1. The summed E-state index contributed by atoms with van der Waals surface area (Å²) in [5.41, 5.74) is 0.870. The lowest BCUT2D eigenvalue weighted by Crippen LogP contribution is -2.15. The highest BCUT2D eigenvalue weighted by Crippen LogP contribution is 2.23. The predicted octanol–water partition coefficient (Wildman–Crippen LogP) is 2.74. The zero-order valence-electron chi connectivity index (χ0n) is 7.22. The topological polar surface area (TPSA) is 32.3 Å². The van der Waals surface area contributed by atoms with E-state index in [0.29, 0.717) is 11.6 Å². The van der Waals surface area contributed by atoms with Gasteiger partial charge in [0, 0.05) is 10.1 Å². The number of anilines is 1. The number of hydrogen-bond donors (Lipinski definition) is 2. The molecule has 2 N–H and O–H groups in total. The molecule has 0 aliphatic heterocycles.